The smallest absolute Gasteiger partial charge is 0.184 e. The summed E-state index contributed by atoms with van der Waals surface area (Å²) in [6.07, 6.45) is -1.34. The van der Waals surface area contributed by atoms with Gasteiger partial charge in [-0.1, -0.05) is 146 Å². The van der Waals surface area contributed by atoms with E-state index in [0.29, 0.717) is 52.9 Å². The van der Waals surface area contributed by atoms with Gasteiger partial charge in [-0.3, -0.25) is 0 Å². The minimum Gasteiger partial charge on any atom is -0.346 e. The van der Waals surface area contributed by atoms with Crippen molar-refractivity contribution in [2.45, 2.75) is 39.0 Å². The van der Waals surface area contributed by atoms with Crippen LogP contribution in [-0.2, 0) is 37.9 Å². The molecule has 0 amide bonds. The molecule has 0 saturated carbocycles. The zero-order valence-corrected chi connectivity index (χ0v) is 36.1. The van der Waals surface area contributed by atoms with Crippen molar-refractivity contribution in [2.24, 2.45) is 0 Å². The van der Waals surface area contributed by atoms with Gasteiger partial charge in [0.1, 0.15) is 0 Å². The van der Waals surface area contributed by atoms with Crippen LogP contribution in [0.5, 0.6) is 0 Å². The topological polar surface area (TPSA) is 73.8 Å². The maximum atomic E-state index is 5.84. The molecule has 7 aromatic rings. The molecular formula is C56H50O8. The normalized spacial score (nSPS) is 17.5. The van der Waals surface area contributed by atoms with E-state index in [4.69, 9.17) is 37.9 Å². The van der Waals surface area contributed by atoms with Crippen molar-refractivity contribution in [2.75, 3.05) is 52.9 Å². The highest BCUT2D eigenvalue weighted by molar-refractivity contribution is 5.98. The van der Waals surface area contributed by atoms with Crippen molar-refractivity contribution in [3.05, 3.63) is 179 Å². The molecule has 8 heteroatoms. The number of hydrogen-bond acceptors (Lipinski definition) is 8. The van der Waals surface area contributed by atoms with Gasteiger partial charge in [-0.05, 0) is 91.7 Å². The molecule has 0 aromatic heterocycles. The summed E-state index contributed by atoms with van der Waals surface area (Å²) < 4.78 is 46.7. The molecule has 11 rings (SSSR count). The molecule has 4 heterocycles. The van der Waals surface area contributed by atoms with Crippen molar-refractivity contribution in [3.63, 3.8) is 0 Å². The summed E-state index contributed by atoms with van der Waals surface area (Å²) in [5, 5.41) is 0. The lowest BCUT2D eigenvalue weighted by molar-refractivity contribution is -0.0443. The van der Waals surface area contributed by atoms with Gasteiger partial charge in [0.05, 0.1) is 52.9 Å². The fraction of sp³-hybridized carbons (Fsp3) is 0.250. The zero-order chi connectivity index (χ0) is 43.0. The quantitative estimate of drug-likeness (QED) is 0.135. The van der Waals surface area contributed by atoms with Crippen LogP contribution >= 0.6 is 0 Å². The van der Waals surface area contributed by atoms with E-state index in [2.05, 4.69) is 159 Å². The van der Waals surface area contributed by atoms with E-state index < -0.39 is 0 Å². The van der Waals surface area contributed by atoms with Crippen molar-refractivity contribution in [1.29, 1.82) is 0 Å². The summed E-state index contributed by atoms with van der Waals surface area (Å²) in [6, 6.07) is 52.8. The van der Waals surface area contributed by atoms with E-state index in [-0.39, 0.29) is 25.2 Å². The monoisotopic (exact) mass is 850 g/mol. The Kier molecular flexibility index (Phi) is 11.5. The van der Waals surface area contributed by atoms with E-state index in [1.165, 1.54) is 11.1 Å². The van der Waals surface area contributed by atoms with Gasteiger partial charge in [-0.15, -0.1) is 0 Å². The fourth-order valence-electron chi connectivity index (χ4n) is 9.39. The molecule has 0 atom stereocenters. The predicted molar refractivity (Wildman–Crippen MR) is 247 cm³/mol. The van der Waals surface area contributed by atoms with E-state index in [1.807, 2.05) is 0 Å². The molecule has 7 aromatic carbocycles. The zero-order valence-electron chi connectivity index (χ0n) is 36.1. The summed E-state index contributed by atoms with van der Waals surface area (Å²) in [5.74, 6) is 0. The molecule has 0 unspecified atom stereocenters. The van der Waals surface area contributed by atoms with Crippen LogP contribution in [0.2, 0.25) is 0 Å². The number of ether oxygens (including phenoxy) is 8. The number of hydrogen-bond donors (Lipinski definition) is 0. The third-order valence-corrected chi connectivity index (χ3v) is 12.5. The van der Waals surface area contributed by atoms with E-state index >= 15 is 0 Å². The molecule has 322 valence electrons. The Morgan fingerprint density at radius 2 is 0.453 bits per heavy atom. The average Bonchev–Trinajstić information content (AvgIpc) is 4.21. The van der Waals surface area contributed by atoms with Crippen molar-refractivity contribution < 1.29 is 37.9 Å². The third kappa shape index (κ3) is 8.24. The third-order valence-electron chi connectivity index (χ3n) is 12.5. The Bertz CT molecular complexity index is 2370. The second kappa shape index (κ2) is 18.0. The maximum absolute atomic E-state index is 5.84. The first-order valence-corrected chi connectivity index (χ1v) is 22.3. The summed E-state index contributed by atoms with van der Waals surface area (Å²) >= 11 is 0. The number of aryl methyl sites for hydroxylation is 2. The molecule has 8 nitrogen and oxygen atoms in total. The second-order valence-corrected chi connectivity index (χ2v) is 16.8. The lowest BCUT2D eigenvalue weighted by Crippen LogP contribution is -1.99. The van der Waals surface area contributed by atoms with Crippen LogP contribution in [0, 0.1) is 13.8 Å². The van der Waals surface area contributed by atoms with Gasteiger partial charge >= 0.3 is 0 Å². The Morgan fingerprint density at radius 1 is 0.266 bits per heavy atom. The molecule has 4 aliphatic heterocycles. The van der Waals surface area contributed by atoms with Crippen LogP contribution < -0.4 is 0 Å². The second-order valence-electron chi connectivity index (χ2n) is 16.8. The summed E-state index contributed by atoms with van der Waals surface area (Å²) in [4.78, 5) is 0. The highest BCUT2D eigenvalue weighted by atomic mass is 16.7. The Balaban J connectivity index is 1.04. The molecule has 4 saturated heterocycles. The number of rotatable bonds is 10. The van der Waals surface area contributed by atoms with E-state index in [0.717, 1.165) is 89.0 Å². The summed E-state index contributed by atoms with van der Waals surface area (Å²) in [5.41, 5.74) is 20.0. The first-order valence-electron chi connectivity index (χ1n) is 22.3. The lowest BCUT2D eigenvalue weighted by atomic mass is 9.83. The molecule has 64 heavy (non-hydrogen) atoms. The summed E-state index contributed by atoms with van der Waals surface area (Å²) in [6.45, 7) is 9.17. The van der Waals surface area contributed by atoms with Crippen molar-refractivity contribution in [1.82, 2.24) is 0 Å². The van der Waals surface area contributed by atoms with Crippen LogP contribution in [0.3, 0.4) is 0 Å². The van der Waals surface area contributed by atoms with Gasteiger partial charge in [0.2, 0.25) is 0 Å². The largest absolute Gasteiger partial charge is 0.346 e. The lowest BCUT2D eigenvalue weighted by Gasteiger charge is -2.21. The van der Waals surface area contributed by atoms with Gasteiger partial charge in [-0.25, -0.2) is 0 Å². The fourth-order valence-corrected chi connectivity index (χ4v) is 9.39. The Labute approximate surface area is 374 Å². The van der Waals surface area contributed by atoms with Crippen molar-refractivity contribution in [3.8, 4) is 66.8 Å². The van der Waals surface area contributed by atoms with Gasteiger partial charge in [0, 0.05) is 22.3 Å². The SMILES string of the molecule is Cc1cc(-c2ccc(C3OCCO3)cc2)c(-c2ccc(-c3c(-c4ccc(C5OCCO5)cc4)cc(C)cc3-c3ccc(C4OCCO4)cc3)cc2)c(-c2ccc(C3OCCO3)cc2)c1. The van der Waals surface area contributed by atoms with Crippen LogP contribution in [-0.4, -0.2) is 52.9 Å². The molecular weight excluding hydrogens is 801 g/mol. The van der Waals surface area contributed by atoms with Crippen LogP contribution in [0.1, 0.15) is 58.5 Å². The first-order chi connectivity index (χ1) is 31.5. The molecule has 0 radical (unpaired) electrons. The molecule has 4 fully saturated rings. The van der Waals surface area contributed by atoms with Crippen LogP contribution in [0.25, 0.3) is 66.8 Å². The molecule has 0 bridgehead atoms. The minimum atomic E-state index is -0.335. The molecule has 4 aliphatic rings. The average molecular weight is 851 g/mol. The molecule has 0 N–H and O–H groups in total. The van der Waals surface area contributed by atoms with Crippen LogP contribution in [0.4, 0.5) is 0 Å². The van der Waals surface area contributed by atoms with Gasteiger partial charge in [-0.2, -0.15) is 0 Å². The predicted octanol–water partition coefficient (Wildman–Crippen LogP) is 12.5. The minimum absolute atomic E-state index is 0.335. The Morgan fingerprint density at radius 3 is 0.656 bits per heavy atom. The van der Waals surface area contributed by atoms with Gasteiger partial charge in [0.25, 0.3) is 0 Å². The maximum Gasteiger partial charge on any atom is 0.184 e. The van der Waals surface area contributed by atoms with E-state index in [9.17, 15) is 0 Å². The molecule has 0 aliphatic carbocycles. The van der Waals surface area contributed by atoms with Gasteiger partial charge < -0.3 is 37.9 Å². The van der Waals surface area contributed by atoms with Crippen molar-refractivity contribution >= 4 is 0 Å². The highest BCUT2D eigenvalue weighted by Crippen LogP contribution is 2.46. The standard InChI is InChI=1S/C56H50O8/c1-35-31-47(37-3-15-43(16-4-37)53-57-23-24-58-53)51(48(32-35)38-5-17-44(18-6-38)54-59-25-26-60-54)41-11-13-42(14-12-41)52-49(39-7-19-45(20-8-39)55-61-27-28-62-55)33-36(2)34-50(52)40-9-21-46(22-10-40)56-63-29-30-64-56/h3-22,31-34,53-56H,23-30H2,1-2H3. The Hall–Kier alpha value is -5.78. The first kappa shape index (κ1) is 41.0. The highest BCUT2D eigenvalue weighted by Gasteiger charge is 2.24. The van der Waals surface area contributed by atoms with E-state index in [1.54, 1.807) is 0 Å². The molecule has 0 spiro atoms. The summed E-state index contributed by atoms with van der Waals surface area (Å²) in [7, 11) is 0. The van der Waals surface area contributed by atoms with Gasteiger partial charge in [0.15, 0.2) is 25.2 Å². The van der Waals surface area contributed by atoms with Crippen LogP contribution in [0.15, 0.2) is 146 Å². The number of benzene rings is 7.